The molecular formula is C23H29Cl. The molecule has 0 nitrogen and oxygen atoms in total. The number of allylic oxidation sites excluding steroid dienone is 4. The van der Waals surface area contributed by atoms with E-state index in [-0.39, 0.29) is 0 Å². The Morgan fingerprint density at radius 1 is 0.917 bits per heavy atom. The molecule has 0 N–H and O–H groups in total. The number of benzene rings is 2. The molecule has 128 valence electrons. The summed E-state index contributed by atoms with van der Waals surface area (Å²) in [5, 5.41) is 0.780. The van der Waals surface area contributed by atoms with E-state index < -0.39 is 0 Å². The zero-order valence-corrected chi connectivity index (χ0v) is 16.1. The Balaban J connectivity index is 0.000000648. The van der Waals surface area contributed by atoms with Crippen molar-refractivity contribution >= 4 is 17.2 Å². The second-order valence-electron chi connectivity index (χ2n) is 5.94. The summed E-state index contributed by atoms with van der Waals surface area (Å²) < 4.78 is 0. The van der Waals surface area contributed by atoms with Crippen LogP contribution in [0.1, 0.15) is 57.6 Å². The maximum Gasteiger partial charge on any atom is 0.0375 e. The summed E-state index contributed by atoms with van der Waals surface area (Å²) in [5.74, 6) is 0.309. The summed E-state index contributed by atoms with van der Waals surface area (Å²) in [5.41, 5.74) is 3.65. The van der Waals surface area contributed by atoms with Crippen molar-refractivity contribution in [1.29, 1.82) is 0 Å². The Morgan fingerprint density at radius 2 is 1.42 bits per heavy atom. The van der Waals surface area contributed by atoms with Gasteiger partial charge in [-0.3, -0.25) is 0 Å². The molecule has 1 atom stereocenters. The van der Waals surface area contributed by atoms with Crippen molar-refractivity contribution in [3.05, 3.63) is 89.0 Å². The molecule has 0 saturated carbocycles. The lowest BCUT2D eigenvalue weighted by atomic mass is 10.0. The maximum absolute atomic E-state index is 6.36. The van der Waals surface area contributed by atoms with E-state index in [2.05, 4.69) is 70.2 Å². The zero-order valence-electron chi connectivity index (χ0n) is 15.3. The van der Waals surface area contributed by atoms with Crippen LogP contribution in [-0.4, -0.2) is 0 Å². The molecule has 0 bridgehead atoms. The summed E-state index contributed by atoms with van der Waals surface area (Å²) in [6.07, 6.45) is 6.75. The Labute approximate surface area is 152 Å². The van der Waals surface area contributed by atoms with Crippen LogP contribution in [0.2, 0.25) is 0 Å². The van der Waals surface area contributed by atoms with Crippen LogP contribution in [0.3, 0.4) is 0 Å². The zero-order chi connectivity index (χ0) is 17.8. The molecule has 2 aromatic rings. The van der Waals surface area contributed by atoms with Gasteiger partial charge in [-0.25, -0.2) is 0 Å². The Bertz CT molecular complexity index is 622. The molecule has 0 amide bonds. The summed E-state index contributed by atoms with van der Waals surface area (Å²) in [7, 11) is 0. The van der Waals surface area contributed by atoms with Crippen molar-refractivity contribution in [2.24, 2.45) is 0 Å². The van der Waals surface area contributed by atoms with Gasteiger partial charge in [-0.15, -0.1) is 0 Å². The summed E-state index contributed by atoms with van der Waals surface area (Å²) in [6, 6.07) is 20.7. The molecule has 24 heavy (non-hydrogen) atoms. The number of unbranched alkanes of at least 4 members (excludes halogenated alkanes) is 1. The van der Waals surface area contributed by atoms with Crippen LogP contribution in [-0.2, 0) is 0 Å². The lowest BCUT2D eigenvalue weighted by Gasteiger charge is -2.07. The first-order valence-electron chi connectivity index (χ1n) is 8.74. The largest absolute Gasteiger partial charge is 0.0847 e. The van der Waals surface area contributed by atoms with Crippen LogP contribution < -0.4 is 0 Å². The van der Waals surface area contributed by atoms with Crippen molar-refractivity contribution in [3.63, 3.8) is 0 Å². The van der Waals surface area contributed by atoms with Gasteiger partial charge in [-0.2, -0.15) is 0 Å². The number of halogens is 1. The fraction of sp³-hybridized carbons (Fsp3) is 0.304. The van der Waals surface area contributed by atoms with Crippen molar-refractivity contribution < 1.29 is 0 Å². The van der Waals surface area contributed by atoms with Crippen molar-refractivity contribution in [2.75, 3.05) is 0 Å². The highest BCUT2D eigenvalue weighted by molar-refractivity contribution is 6.31. The molecule has 0 spiro atoms. The van der Waals surface area contributed by atoms with Crippen LogP contribution in [0.25, 0.3) is 5.57 Å². The first-order valence-corrected chi connectivity index (χ1v) is 9.12. The third kappa shape index (κ3) is 7.66. The Kier molecular flexibility index (Phi) is 9.88. The third-order valence-electron chi connectivity index (χ3n) is 3.82. The molecule has 2 aromatic carbocycles. The molecule has 1 heteroatoms. The van der Waals surface area contributed by atoms with Gasteiger partial charge >= 0.3 is 0 Å². The standard InChI is InChI=1S/C19H19Cl.C4H10/c1-15(17-9-5-3-6-10-17)13-19(20)14-16(2)18-11-7-4-8-12-18;1-3-4-2/h3-15H,1-2H3;3-4H2,1-2H3/b16-14+,19-13+;. The van der Waals surface area contributed by atoms with Gasteiger partial charge in [-0.1, -0.05) is 112 Å². The molecule has 0 saturated heterocycles. The average molecular weight is 341 g/mol. The molecule has 0 aliphatic carbocycles. The van der Waals surface area contributed by atoms with Crippen LogP contribution in [0.15, 0.2) is 77.8 Å². The quantitative estimate of drug-likeness (QED) is 0.486. The highest BCUT2D eigenvalue weighted by atomic mass is 35.5. The van der Waals surface area contributed by atoms with Crippen LogP contribution in [0.5, 0.6) is 0 Å². The van der Waals surface area contributed by atoms with Gasteiger partial charge < -0.3 is 0 Å². The summed E-state index contributed by atoms with van der Waals surface area (Å²) in [6.45, 7) is 8.60. The first-order chi connectivity index (χ1) is 11.6. The monoisotopic (exact) mass is 340 g/mol. The first kappa shape index (κ1) is 20.3. The highest BCUT2D eigenvalue weighted by Gasteiger charge is 2.02. The molecule has 1 unspecified atom stereocenters. The molecular weight excluding hydrogens is 312 g/mol. The summed E-state index contributed by atoms with van der Waals surface area (Å²) >= 11 is 6.36. The minimum atomic E-state index is 0.309. The maximum atomic E-state index is 6.36. The van der Waals surface area contributed by atoms with Crippen LogP contribution in [0.4, 0.5) is 0 Å². The Morgan fingerprint density at radius 3 is 1.92 bits per heavy atom. The van der Waals surface area contributed by atoms with Crippen molar-refractivity contribution in [3.8, 4) is 0 Å². The minimum absolute atomic E-state index is 0.309. The van der Waals surface area contributed by atoms with E-state index >= 15 is 0 Å². The second kappa shape index (κ2) is 11.7. The van der Waals surface area contributed by atoms with Crippen LogP contribution in [0, 0.1) is 0 Å². The van der Waals surface area contributed by atoms with E-state index in [4.69, 9.17) is 11.6 Å². The lowest BCUT2D eigenvalue weighted by molar-refractivity contribution is 0.886. The molecule has 0 fully saturated rings. The topological polar surface area (TPSA) is 0 Å². The van der Waals surface area contributed by atoms with Crippen molar-refractivity contribution in [2.45, 2.75) is 46.5 Å². The van der Waals surface area contributed by atoms with Gasteiger partial charge in [0.25, 0.3) is 0 Å². The van der Waals surface area contributed by atoms with Gasteiger partial charge in [0.1, 0.15) is 0 Å². The van der Waals surface area contributed by atoms with E-state index in [9.17, 15) is 0 Å². The van der Waals surface area contributed by atoms with Gasteiger partial charge in [-0.05, 0) is 29.7 Å². The SMILES string of the molecule is C/C(=C\C(Cl)=C/C(C)c1ccccc1)c1ccccc1.CCCC. The fourth-order valence-electron chi connectivity index (χ4n) is 2.13. The minimum Gasteiger partial charge on any atom is -0.0847 e. The normalized spacial score (nSPS) is 13.0. The fourth-order valence-corrected chi connectivity index (χ4v) is 2.48. The highest BCUT2D eigenvalue weighted by Crippen LogP contribution is 2.22. The van der Waals surface area contributed by atoms with Gasteiger partial charge in [0.2, 0.25) is 0 Å². The molecule has 2 rings (SSSR count). The van der Waals surface area contributed by atoms with Crippen molar-refractivity contribution in [1.82, 2.24) is 0 Å². The number of rotatable bonds is 5. The van der Waals surface area contributed by atoms with E-state index in [0.29, 0.717) is 5.92 Å². The van der Waals surface area contributed by atoms with Gasteiger partial charge in [0.15, 0.2) is 0 Å². The van der Waals surface area contributed by atoms with Crippen LogP contribution >= 0.6 is 11.6 Å². The van der Waals surface area contributed by atoms with Gasteiger partial charge in [0.05, 0.1) is 0 Å². The predicted octanol–water partition coefficient (Wildman–Crippen LogP) is 7.82. The van der Waals surface area contributed by atoms with E-state index in [1.165, 1.54) is 29.5 Å². The molecule has 0 aromatic heterocycles. The Hall–Kier alpha value is -1.79. The molecule has 0 aliphatic heterocycles. The van der Waals surface area contributed by atoms with E-state index in [0.717, 1.165) is 5.03 Å². The number of hydrogen-bond acceptors (Lipinski definition) is 0. The van der Waals surface area contributed by atoms with E-state index in [1.807, 2.05) is 30.3 Å². The predicted molar refractivity (Wildman–Crippen MR) is 109 cm³/mol. The lowest BCUT2D eigenvalue weighted by Crippen LogP contribution is -1.89. The van der Waals surface area contributed by atoms with Gasteiger partial charge in [0, 0.05) is 11.0 Å². The summed E-state index contributed by atoms with van der Waals surface area (Å²) in [4.78, 5) is 0. The molecule has 0 radical (unpaired) electrons. The van der Waals surface area contributed by atoms with E-state index in [1.54, 1.807) is 0 Å². The number of hydrogen-bond donors (Lipinski definition) is 0. The molecule has 0 aliphatic rings. The second-order valence-corrected chi connectivity index (χ2v) is 6.38. The molecule has 0 heterocycles. The third-order valence-corrected chi connectivity index (χ3v) is 4.05. The average Bonchev–Trinajstić information content (AvgIpc) is 2.63. The smallest absolute Gasteiger partial charge is 0.0375 e.